The summed E-state index contributed by atoms with van der Waals surface area (Å²) >= 11 is 0. The first-order chi connectivity index (χ1) is 6.02. The molecule has 1 amide bonds. The molecule has 78 valence electrons. The van der Waals surface area contributed by atoms with E-state index < -0.39 is 0 Å². The van der Waals surface area contributed by atoms with Crippen LogP contribution >= 0.6 is 0 Å². The lowest BCUT2D eigenvalue weighted by molar-refractivity contribution is -0.127. The van der Waals surface area contributed by atoms with Crippen LogP contribution in [0.25, 0.3) is 0 Å². The first kappa shape index (κ1) is 12.4. The Morgan fingerprint density at radius 1 is 1.46 bits per heavy atom. The van der Waals surface area contributed by atoms with Gasteiger partial charge in [-0.1, -0.05) is 0 Å². The van der Waals surface area contributed by atoms with Crippen LogP contribution in [-0.2, 0) is 9.53 Å². The van der Waals surface area contributed by atoms with Gasteiger partial charge in [-0.15, -0.1) is 0 Å². The second-order valence-electron chi connectivity index (χ2n) is 3.48. The number of nitrogens with one attached hydrogen (secondary N) is 1. The van der Waals surface area contributed by atoms with Gasteiger partial charge in [-0.3, -0.25) is 4.79 Å². The third-order valence-electron chi connectivity index (χ3n) is 1.47. The van der Waals surface area contributed by atoms with Crippen molar-refractivity contribution in [2.24, 2.45) is 5.73 Å². The molecule has 4 heteroatoms. The van der Waals surface area contributed by atoms with Crippen molar-refractivity contribution in [2.45, 2.75) is 39.3 Å². The number of rotatable bonds is 6. The van der Waals surface area contributed by atoms with Crippen molar-refractivity contribution in [3.63, 3.8) is 0 Å². The highest BCUT2D eigenvalue weighted by Crippen LogP contribution is 1.87. The van der Waals surface area contributed by atoms with Crippen molar-refractivity contribution in [3.05, 3.63) is 0 Å². The summed E-state index contributed by atoms with van der Waals surface area (Å²) in [4.78, 5) is 11.1. The highest BCUT2D eigenvalue weighted by Gasteiger charge is 2.02. The second kappa shape index (κ2) is 6.86. The monoisotopic (exact) mass is 188 g/mol. The molecule has 0 rings (SSSR count). The lowest BCUT2D eigenvalue weighted by Gasteiger charge is -2.09. The van der Waals surface area contributed by atoms with E-state index in [-0.39, 0.29) is 24.7 Å². The van der Waals surface area contributed by atoms with Crippen LogP contribution in [0.5, 0.6) is 0 Å². The summed E-state index contributed by atoms with van der Waals surface area (Å²) in [5.41, 5.74) is 5.52. The van der Waals surface area contributed by atoms with Gasteiger partial charge in [0.1, 0.15) is 6.61 Å². The van der Waals surface area contributed by atoms with E-state index in [9.17, 15) is 4.79 Å². The number of hydrogen-bond donors (Lipinski definition) is 2. The van der Waals surface area contributed by atoms with Crippen LogP contribution in [0.1, 0.15) is 27.2 Å². The molecule has 0 aliphatic carbocycles. The van der Waals surface area contributed by atoms with Gasteiger partial charge in [0.15, 0.2) is 0 Å². The summed E-state index contributed by atoms with van der Waals surface area (Å²) in [5.74, 6) is -0.0747. The van der Waals surface area contributed by atoms with Gasteiger partial charge >= 0.3 is 0 Å². The zero-order valence-electron chi connectivity index (χ0n) is 8.67. The van der Waals surface area contributed by atoms with Gasteiger partial charge in [-0.25, -0.2) is 0 Å². The largest absolute Gasteiger partial charge is 0.369 e. The average Bonchev–Trinajstić information content (AvgIpc) is 2.00. The molecule has 0 aromatic carbocycles. The summed E-state index contributed by atoms with van der Waals surface area (Å²) in [5, 5.41) is 2.73. The molecule has 1 atom stereocenters. The van der Waals surface area contributed by atoms with E-state index in [1.54, 1.807) is 0 Å². The standard InChI is InChI=1S/C9H20N2O2/c1-7(2)13-6-9(12)11-5-4-8(3)10/h7-8H,4-6,10H2,1-3H3,(H,11,12). The van der Waals surface area contributed by atoms with Gasteiger partial charge in [0.2, 0.25) is 5.91 Å². The molecule has 0 aromatic rings. The average molecular weight is 188 g/mol. The fraction of sp³-hybridized carbons (Fsp3) is 0.889. The van der Waals surface area contributed by atoms with Gasteiger partial charge in [0.05, 0.1) is 6.10 Å². The Labute approximate surface area is 79.8 Å². The molecule has 0 saturated carbocycles. The molecule has 0 fully saturated rings. The molecule has 1 unspecified atom stereocenters. The van der Waals surface area contributed by atoms with E-state index in [0.717, 1.165) is 6.42 Å². The number of hydrogen-bond acceptors (Lipinski definition) is 3. The zero-order valence-corrected chi connectivity index (χ0v) is 8.67. The second-order valence-corrected chi connectivity index (χ2v) is 3.48. The van der Waals surface area contributed by atoms with Gasteiger partial charge in [0.25, 0.3) is 0 Å². The maximum atomic E-state index is 11.1. The molecule has 0 aliphatic rings. The van der Waals surface area contributed by atoms with Crippen LogP contribution in [0, 0.1) is 0 Å². The van der Waals surface area contributed by atoms with Crippen LogP contribution in [0.3, 0.4) is 0 Å². The normalized spacial score (nSPS) is 13.0. The van der Waals surface area contributed by atoms with Crippen LogP contribution < -0.4 is 11.1 Å². The molecule has 0 bridgehead atoms. The maximum absolute atomic E-state index is 11.1. The summed E-state index contributed by atoms with van der Waals surface area (Å²) in [7, 11) is 0. The predicted molar refractivity (Wildman–Crippen MR) is 52.4 cm³/mol. The van der Waals surface area contributed by atoms with E-state index in [0.29, 0.717) is 6.54 Å². The maximum Gasteiger partial charge on any atom is 0.246 e. The molecule has 3 N–H and O–H groups in total. The summed E-state index contributed by atoms with van der Waals surface area (Å²) in [6.45, 7) is 6.47. The molecule has 0 saturated heterocycles. The summed E-state index contributed by atoms with van der Waals surface area (Å²) in [6.07, 6.45) is 0.895. The Hall–Kier alpha value is -0.610. The summed E-state index contributed by atoms with van der Waals surface area (Å²) < 4.78 is 5.12. The van der Waals surface area contributed by atoms with E-state index in [1.807, 2.05) is 20.8 Å². The van der Waals surface area contributed by atoms with Crippen molar-refractivity contribution in [3.8, 4) is 0 Å². The highest BCUT2D eigenvalue weighted by molar-refractivity contribution is 5.77. The van der Waals surface area contributed by atoms with Gasteiger partial charge < -0.3 is 15.8 Å². The van der Waals surface area contributed by atoms with E-state index in [4.69, 9.17) is 10.5 Å². The Morgan fingerprint density at radius 2 is 2.08 bits per heavy atom. The van der Waals surface area contributed by atoms with Crippen molar-refractivity contribution in [2.75, 3.05) is 13.2 Å². The number of amides is 1. The minimum absolute atomic E-state index is 0.0747. The number of nitrogens with two attached hydrogens (primary N) is 1. The Kier molecular flexibility index (Phi) is 6.54. The van der Waals surface area contributed by atoms with Crippen molar-refractivity contribution in [1.29, 1.82) is 0 Å². The molecule has 13 heavy (non-hydrogen) atoms. The van der Waals surface area contributed by atoms with E-state index >= 15 is 0 Å². The van der Waals surface area contributed by atoms with Crippen LogP contribution in [0.4, 0.5) is 0 Å². The van der Waals surface area contributed by atoms with Crippen LogP contribution in [0.2, 0.25) is 0 Å². The first-order valence-electron chi connectivity index (χ1n) is 4.66. The Morgan fingerprint density at radius 3 is 2.54 bits per heavy atom. The van der Waals surface area contributed by atoms with Gasteiger partial charge in [-0.05, 0) is 27.2 Å². The number of carbonyl (C=O) groups is 1. The molecule has 0 spiro atoms. The van der Waals surface area contributed by atoms with Gasteiger partial charge in [-0.2, -0.15) is 0 Å². The Balaban J connectivity index is 3.30. The molecular weight excluding hydrogens is 168 g/mol. The SMILES string of the molecule is CC(N)CCNC(=O)COC(C)C. The molecule has 4 nitrogen and oxygen atoms in total. The Bertz CT molecular complexity index is 147. The minimum Gasteiger partial charge on any atom is -0.369 e. The first-order valence-corrected chi connectivity index (χ1v) is 4.66. The van der Waals surface area contributed by atoms with Crippen LogP contribution in [0.15, 0.2) is 0 Å². The quantitative estimate of drug-likeness (QED) is 0.628. The lowest BCUT2D eigenvalue weighted by atomic mass is 10.2. The summed E-state index contributed by atoms with van der Waals surface area (Å²) in [6, 6.07) is 0.131. The minimum atomic E-state index is -0.0747. The molecule has 0 aliphatic heterocycles. The van der Waals surface area contributed by atoms with Crippen molar-refractivity contribution < 1.29 is 9.53 Å². The van der Waals surface area contributed by atoms with Crippen molar-refractivity contribution >= 4 is 5.91 Å². The molecule has 0 heterocycles. The third-order valence-corrected chi connectivity index (χ3v) is 1.47. The fourth-order valence-corrected chi connectivity index (χ4v) is 0.733. The molecule has 0 radical (unpaired) electrons. The van der Waals surface area contributed by atoms with Crippen LogP contribution in [-0.4, -0.2) is 31.2 Å². The fourth-order valence-electron chi connectivity index (χ4n) is 0.733. The van der Waals surface area contributed by atoms with Gasteiger partial charge in [0, 0.05) is 12.6 Å². The highest BCUT2D eigenvalue weighted by atomic mass is 16.5. The van der Waals surface area contributed by atoms with Crippen molar-refractivity contribution in [1.82, 2.24) is 5.32 Å². The van der Waals surface area contributed by atoms with E-state index in [2.05, 4.69) is 5.32 Å². The molecule has 0 aromatic heterocycles. The number of ether oxygens (including phenoxy) is 1. The zero-order chi connectivity index (χ0) is 10.3. The predicted octanol–water partition coefficient (Wildman–Crippen LogP) is 0.265. The number of carbonyl (C=O) groups excluding carboxylic acids is 1. The van der Waals surface area contributed by atoms with E-state index in [1.165, 1.54) is 0 Å². The smallest absolute Gasteiger partial charge is 0.246 e. The molecular formula is C9H20N2O2. The lowest BCUT2D eigenvalue weighted by Crippen LogP contribution is -2.32. The third kappa shape index (κ3) is 9.30. The topological polar surface area (TPSA) is 64.3 Å².